The first-order valence-electron chi connectivity index (χ1n) is 3.70. The molecule has 7 nitrogen and oxygen atoms in total. The number of hydrogen-bond donors (Lipinski definition) is 1. The Morgan fingerprint density at radius 2 is 2.14 bits per heavy atom. The first kappa shape index (κ1) is 9.03. The Kier molecular flexibility index (Phi) is 1.76. The van der Waals surface area contributed by atoms with E-state index in [9.17, 15) is 8.42 Å². The van der Waals surface area contributed by atoms with E-state index in [4.69, 9.17) is 5.14 Å². The lowest BCUT2D eigenvalue weighted by atomic mass is 10.5. The number of sulfonamides is 1. The summed E-state index contributed by atoms with van der Waals surface area (Å²) in [4.78, 5) is 7.65. The Balaban J connectivity index is 2.75. The number of rotatable bonds is 1. The third-order valence-corrected chi connectivity index (χ3v) is 2.26. The molecule has 0 radical (unpaired) electrons. The average molecular weight is 213 g/mol. The standard InChI is InChI=1S/C6H7N5O2S/c1-4-2-3-11-5(8-4)9-6(10-11)14(7,12)13/h2-3H,1H3,(H2,7,12,13). The lowest BCUT2D eigenvalue weighted by Gasteiger charge is -1.89. The third kappa shape index (κ3) is 1.44. The second kappa shape index (κ2) is 2.72. The molecule has 14 heavy (non-hydrogen) atoms. The van der Waals surface area contributed by atoms with Crippen LogP contribution in [0.15, 0.2) is 17.4 Å². The number of primary sulfonamides is 1. The highest BCUT2D eigenvalue weighted by atomic mass is 32.2. The zero-order valence-corrected chi connectivity index (χ0v) is 8.06. The second-order valence-corrected chi connectivity index (χ2v) is 4.21. The Labute approximate surface area is 79.6 Å². The van der Waals surface area contributed by atoms with Gasteiger partial charge in [-0.05, 0) is 13.0 Å². The maximum absolute atomic E-state index is 10.9. The fraction of sp³-hybridized carbons (Fsp3) is 0.167. The first-order chi connectivity index (χ1) is 6.47. The summed E-state index contributed by atoms with van der Waals surface area (Å²) in [6, 6.07) is 1.69. The smallest absolute Gasteiger partial charge is 0.222 e. The van der Waals surface area contributed by atoms with Crippen LogP contribution >= 0.6 is 0 Å². The van der Waals surface area contributed by atoms with E-state index >= 15 is 0 Å². The van der Waals surface area contributed by atoms with Gasteiger partial charge in [-0.15, -0.1) is 5.10 Å². The summed E-state index contributed by atoms with van der Waals surface area (Å²) >= 11 is 0. The molecule has 2 N–H and O–H groups in total. The van der Waals surface area contributed by atoms with Crippen molar-refractivity contribution in [1.82, 2.24) is 19.6 Å². The highest BCUT2D eigenvalue weighted by molar-refractivity contribution is 7.89. The molecule has 0 saturated heterocycles. The van der Waals surface area contributed by atoms with Crippen molar-refractivity contribution >= 4 is 15.8 Å². The van der Waals surface area contributed by atoms with E-state index in [1.54, 1.807) is 19.2 Å². The van der Waals surface area contributed by atoms with Crippen molar-refractivity contribution in [3.63, 3.8) is 0 Å². The maximum atomic E-state index is 10.9. The van der Waals surface area contributed by atoms with E-state index in [1.165, 1.54) is 4.52 Å². The van der Waals surface area contributed by atoms with Gasteiger partial charge in [-0.3, -0.25) is 0 Å². The van der Waals surface area contributed by atoms with Crippen molar-refractivity contribution in [2.24, 2.45) is 5.14 Å². The van der Waals surface area contributed by atoms with E-state index in [-0.39, 0.29) is 5.78 Å². The summed E-state index contributed by atoms with van der Waals surface area (Å²) in [5, 5.41) is 8.10. The van der Waals surface area contributed by atoms with Crippen LogP contribution in [0.3, 0.4) is 0 Å². The Morgan fingerprint density at radius 3 is 2.79 bits per heavy atom. The van der Waals surface area contributed by atoms with Gasteiger partial charge in [0.25, 0.3) is 21.0 Å². The highest BCUT2D eigenvalue weighted by Crippen LogP contribution is 2.02. The van der Waals surface area contributed by atoms with Crippen molar-refractivity contribution < 1.29 is 8.42 Å². The van der Waals surface area contributed by atoms with E-state index in [1.807, 2.05) is 0 Å². The molecular weight excluding hydrogens is 206 g/mol. The second-order valence-electron chi connectivity index (χ2n) is 2.75. The summed E-state index contributed by atoms with van der Waals surface area (Å²) in [7, 11) is -3.86. The van der Waals surface area contributed by atoms with Crippen molar-refractivity contribution in [3.05, 3.63) is 18.0 Å². The molecule has 0 atom stereocenters. The van der Waals surface area contributed by atoms with Crippen LogP contribution in [0, 0.1) is 6.92 Å². The van der Waals surface area contributed by atoms with Crippen LogP contribution in [0.1, 0.15) is 5.69 Å². The number of nitrogens with zero attached hydrogens (tertiary/aromatic N) is 4. The van der Waals surface area contributed by atoms with Crippen LogP contribution in [-0.4, -0.2) is 28.0 Å². The molecule has 0 aromatic carbocycles. The quantitative estimate of drug-likeness (QED) is 0.659. The van der Waals surface area contributed by atoms with Crippen molar-refractivity contribution in [2.45, 2.75) is 12.1 Å². The van der Waals surface area contributed by atoms with E-state index in [0.717, 1.165) is 5.69 Å². The topological polar surface area (TPSA) is 103 Å². The SMILES string of the molecule is Cc1ccn2nc(S(N)(=O)=O)nc2n1. The highest BCUT2D eigenvalue weighted by Gasteiger charge is 2.15. The molecule has 0 spiro atoms. The summed E-state index contributed by atoms with van der Waals surface area (Å²) < 4.78 is 23.1. The fourth-order valence-electron chi connectivity index (χ4n) is 0.966. The molecule has 2 aromatic heterocycles. The molecule has 0 saturated carbocycles. The molecular formula is C6H7N5O2S. The van der Waals surface area contributed by atoms with Crippen molar-refractivity contribution in [3.8, 4) is 0 Å². The molecule has 0 fully saturated rings. The lowest BCUT2D eigenvalue weighted by Crippen LogP contribution is -2.14. The summed E-state index contributed by atoms with van der Waals surface area (Å²) in [6.07, 6.45) is 1.57. The van der Waals surface area contributed by atoms with Crippen molar-refractivity contribution in [2.75, 3.05) is 0 Å². The predicted molar refractivity (Wildman–Crippen MR) is 46.9 cm³/mol. The average Bonchev–Trinajstić information content (AvgIpc) is 2.45. The monoisotopic (exact) mass is 213 g/mol. The number of nitrogens with two attached hydrogens (primary N) is 1. The molecule has 2 heterocycles. The van der Waals surface area contributed by atoms with Gasteiger partial charge in [-0.25, -0.2) is 23.1 Å². The fourth-order valence-corrected chi connectivity index (χ4v) is 1.38. The van der Waals surface area contributed by atoms with E-state index in [0.29, 0.717) is 0 Å². The van der Waals surface area contributed by atoms with Gasteiger partial charge in [0.15, 0.2) is 0 Å². The largest absolute Gasteiger partial charge is 0.284 e. The van der Waals surface area contributed by atoms with E-state index in [2.05, 4.69) is 15.1 Å². The van der Waals surface area contributed by atoms with Gasteiger partial charge in [-0.1, -0.05) is 0 Å². The third-order valence-electron chi connectivity index (χ3n) is 1.58. The molecule has 0 aliphatic rings. The van der Waals surface area contributed by atoms with Gasteiger partial charge in [0, 0.05) is 11.9 Å². The van der Waals surface area contributed by atoms with Gasteiger partial charge in [0.1, 0.15) is 0 Å². The van der Waals surface area contributed by atoms with Crippen LogP contribution < -0.4 is 5.14 Å². The minimum absolute atomic E-state index is 0.217. The molecule has 2 rings (SSSR count). The molecule has 0 amide bonds. The normalized spacial score (nSPS) is 12.1. The van der Waals surface area contributed by atoms with Gasteiger partial charge < -0.3 is 0 Å². The minimum atomic E-state index is -3.86. The van der Waals surface area contributed by atoms with Gasteiger partial charge in [-0.2, -0.15) is 4.98 Å². The zero-order chi connectivity index (χ0) is 10.3. The number of aromatic nitrogens is 4. The Morgan fingerprint density at radius 1 is 1.43 bits per heavy atom. The van der Waals surface area contributed by atoms with Gasteiger partial charge in [0.2, 0.25) is 0 Å². The molecule has 0 aliphatic carbocycles. The number of hydrogen-bond acceptors (Lipinski definition) is 5. The summed E-state index contributed by atoms with van der Waals surface area (Å²) in [5.74, 6) is 0.217. The van der Waals surface area contributed by atoms with Crippen LogP contribution in [0.5, 0.6) is 0 Å². The number of aryl methyl sites for hydroxylation is 1. The van der Waals surface area contributed by atoms with Crippen LogP contribution in [0.4, 0.5) is 0 Å². The predicted octanol–water partition coefficient (Wildman–Crippen LogP) is -0.920. The summed E-state index contributed by atoms with van der Waals surface area (Å²) in [5.41, 5.74) is 0.728. The van der Waals surface area contributed by atoms with E-state index < -0.39 is 15.2 Å². The van der Waals surface area contributed by atoms with Crippen LogP contribution in [-0.2, 0) is 10.0 Å². The first-order valence-corrected chi connectivity index (χ1v) is 5.24. The van der Waals surface area contributed by atoms with Gasteiger partial charge >= 0.3 is 0 Å². The summed E-state index contributed by atoms with van der Waals surface area (Å²) in [6.45, 7) is 1.77. The molecule has 0 unspecified atom stereocenters. The molecule has 0 aliphatic heterocycles. The Hall–Kier alpha value is -1.54. The van der Waals surface area contributed by atoms with Gasteiger partial charge in [0.05, 0.1) is 0 Å². The zero-order valence-electron chi connectivity index (χ0n) is 7.25. The van der Waals surface area contributed by atoms with Crippen molar-refractivity contribution in [1.29, 1.82) is 0 Å². The number of fused-ring (bicyclic) bond motifs is 1. The molecule has 2 aromatic rings. The molecule has 8 heteroatoms. The molecule has 74 valence electrons. The molecule has 0 bridgehead atoms. The Bertz CT molecular complexity index is 587. The minimum Gasteiger partial charge on any atom is -0.222 e. The lowest BCUT2D eigenvalue weighted by molar-refractivity contribution is 0.588. The maximum Gasteiger partial charge on any atom is 0.284 e. The van der Waals surface area contributed by atoms with Crippen LogP contribution in [0.2, 0.25) is 0 Å². The van der Waals surface area contributed by atoms with Crippen LogP contribution in [0.25, 0.3) is 5.78 Å².